The van der Waals surface area contributed by atoms with Crippen LogP contribution in [0.1, 0.15) is 48.4 Å². The number of ether oxygens (including phenoxy) is 1. The SMILES string of the molecule is O=C(OC[C@@H](NC(=O)[C@H]1CC[C@H](NS(=O)(=O)c2ccc(C(F)(F)F)cc2)CC1)c1ccccc1)[C@H](Cc1ccccc1)NCl. The van der Waals surface area contributed by atoms with E-state index in [2.05, 4.69) is 14.9 Å². The van der Waals surface area contributed by atoms with Gasteiger partial charge in [0.2, 0.25) is 15.9 Å². The molecule has 44 heavy (non-hydrogen) atoms. The Morgan fingerprint density at radius 1 is 0.886 bits per heavy atom. The van der Waals surface area contributed by atoms with Crippen molar-refractivity contribution in [3.8, 4) is 0 Å². The van der Waals surface area contributed by atoms with Crippen LogP contribution in [0.2, 0.25) is 0 Å². The number of amides is 1. The number of alkyl halides is 3. The van der Waals surface area contributed by atoms with Crippen molar-refractivity contribution in [2.45, 2.75) is 61.3 Å². The third-order valence-electron chi connectivity index (χ3n) is 7.52. The van der Waals surface area contributed by atoms with Gasteiger partial charge in [-0.05, 0) is 79.3 Å². The molecule has 8 nitrogen and oxygen atoms in total. The fourth-order valence-electron chi connectivity index (χ4n) is 5.06. The average Bonchev–Trinajstić information content (AvgIpc) is 3.02. The summed E-state index contributed by atoms with van der Waals surface area (Å²) < 4.78 is 72.1. The first kappa shape index (κ1) is 33.4. The van der Waals surface area contributed by atoms with Crippen molar-refractivity contribution in [2.75, 3.05) is 6.61 Å². The molecular weight excluding hydrogens is 619 g/mol. The third kappa shape index (κ3) is 9.28. The van der Waals surface area contributed by atoms with Crippen molar-refractivity contribution in [2.24, 2.45) is 5.92 Å². The van der Waals surface area contributed by atoms with Crippen LogP contribution in [0.5, 0.6) is 0 Å². The number of nitrogens with one attached hydrogen (secondary N) is 3. The van der Waals surface area contributed by atoms with Crippen LogP contribution in [0.25, 0.3) is 0 Å². The molecular formula is C31H33ClF3N3O5S. The number of benzene rings is 3. The van der Waals surface area contributed by atoms with Gasteiger partial charge in [-0.1, -0.05) is 60.7 Å². The molecule has 13 heteroatoms. The summed E-state index contributed by atoms with van der Waals surface area (Å²) in [5.41, 5.74) is 0.701. The predicted octanol–water partition coefficient (Wildman–Crippen LogP) is 5.30. The summed E-state index contributed by atoms with van der Waals surface area (Å²) in [5.74, 6) is -1.23. The van der Waals surface area contributed by atoms with Gasteiger partial charge in [-0.15, -0.1) is 0 Å². The first-order valence-corrected chi connectivity index (χ1v) is 15.9. The van der Waals surface area contributed by atoms with E-state index in [9.17, 15) is 31.2 Å². The van der Waals surface area contributed by atoms with Gasteiger partial charge in [0, 0.05) is 12.0 Å². The number of hydrogen-bond acceptors (Lipinski definition) is 6. The summed E-state index contributed by atoms with van der Waals surface area (Å²) in [6, 6.07) is 19.8. The Kier molecular flexibility index (Phi) is 11.4. The summed E-state index contributed by atoms with van der Waals surface area (Å²) in [7, 11) is -4.04. The maximum Gasteiger partial charge on any atom is 0.416 e. The molecule has 0 spiro atoms. The van der Waals surface area contributed by atoms with Crippen molar-refractivity contribution >= 4 is 33.7 Å². The topological polar surface area (TPSA) is 114 Å². The van der Waals surface area contributed by atoms with E-state index in [0.29, 0.717) is 32.1 Å². The molecule has 0 bridgehead atoms. The molecule has 1 aliphatic carbocycles. The van der Waals surface area contributed by atoms with Gasteiger partial charge in [-0.2, -0.15) is 13.2 Å². The maximum absolute atomic E-state index is 13.3. The molecule has 3 aromatic rings. The average molecular weight is 652 g/mol. The summed E-state index contributed by atoms with van der Waals surface area (Å²) in [5, 5.41) is 2.97. The zero-order chi connectivity index (χ0) is 31.7. The molecule has 1 amide bonds. The Morgan fingerprint density at radius 3 is 2.05 bits per heavy atom. The van der Waals surface area contributed by atoms with Crippen molar-refractivity contribution < 1.29 is 35.9 Å². The van der Waals surface area contributed by atoms with E-state index in [0.717, 1.165) is 35.4 Å². The standard InChI is InChI=1S/C31H33ClF3N3O5S/c32-37-27(19-21-7-3-1-4-8-21)30(40)43-20-28(22-9-5-2-6-10-22)36-29(39)23-11-15-25(16-12-23)38-44(41,42)26-17-13-24(14-18-26)31(33,34)35/h1-10,13-14,17-18,23,25,27-28,37-38H,11-12,15-16,19-20H2,(H,36,39)/t23-,25-,27-,28+/m0/s1. The lowest BCUT2D eigenvalue weighted by Crippen LogP contribution is -2.42. The summed E-state index contributed by atoms with van der Waals surface area (Å²) >= 11 is 5.84. The van der Waals surface area contributed by atoms with Crippen LogP contribution in [0, 0.1) is 5.92 Å². The van der Waals surface area contributed by atoms with E-state index in [4.69, 9.17) is 16.5 Å². The smallest absolute Gasteiger partial charge is 0.416 e. The van der Waals surface area contributed by atoms with Crippen LogP contribution in [0.15, 0.2) is 89.8 Å². The molecule has 1 fully saturated rings. The number of carbonyl (C=O) groups is 2. The van der Waals surface area contributed by atoms with E-state index in [1.165, 1.54) is 0 Å². The Bertz CT molecular complexity index is 1490. The molecule has 0 aromatic heterocycles. The lowest BCUT2D eigenvalue weighted by molar-refractivity contribution is -0.147. The second kappa shape index (κ2) is 15.0. The Labute approximate surface area is 259 Å². The van der Waals surface area contributed by atoms with Crippen molar-refractivity contribution in [3.05, 3.63) is 102 Å². The van der Waals surface area contributed by atoms with Crippen LogP contribution >= 0.6 is 11.8 Å². The normalized spacial score (nSPS) is 18.6. The lowest BCUT2D eigenvalue weighted by Gasteiger charge is -2.30. The van der Waals surface area contributed by atoms with Gasteiger partial charge < -0.3 is 10.1 Å². The second-order valence-electron chi connectivity index (χ2n) is 10.6. The fourth-order valence-corrected chi connectivity index (χ4v) is 6.53. The van der Waals surface area contributed by atoms with Gasteiger partial charge in [0.1, 0.15) is 12.6 Å². The molecule has 0 heterocycles. The molecule has 236 valence electrons. The Morgan fingerprint density at radius 2 is 1.48 bits per heavy atom. The van der Waals surface area contributed by atoms with Crippen molar-refractivity contribution in [3.63, 3.8) is 0 Å². The molecule has 3 N–H and O–H groups in total. The molecule has 3 aromatic carbocycles. The number of hydrogen-bond donors (Lipinski definition) is 3. The van der Waals surface area contributed by atoms with Crippen LogP contribution in [-0.4, -0.2) is 39.0 Å². The fraction of sp³-hybridized carbons (Fsp3) is 0.355. The largest absolute Gasteiger partial charge is 0.462 e. The quantitative estimate of drug-likeness (QED) is 0.181. The van der Waals surface area contributed by atoms with E-state index in [1.54, 1.807) is 0 Å². The molecule has 0 unspecified atom stereocenters. The number of esters is 1. The van der Waals surface area contributed by atoms with Crippen LogP contribution in [0.4, 0.5) is 13.2 Å². The summed E-state index contributed by atoms with van der Waals surface area (Å²) in [6.07, 6.45) is -2.73. The minimum absolute atomic E-state index is 0.124. The molecule has 2 atom stereocenters. The van der Waals surface area contributed by atoms with Crippen LogP contribution < -0.4 is 14.9 Å². The van der Waals surface area contributed by atoms with E-state index >= 15 is 0 Å². The number of sulfonamides is 1. The minimum atomic E-state index is -4.57. The zero-order valence-electron chi connectivity index (χ0n) is 23.6. The van der Waals surface area contributed by atoms with Gasteiger partial charge in [0.25, 0.3) is 0 Å². The predicted molar refractivity (Wildman–Crippen MR) is 159 cm³/mol. The molecule has 0 saturated heterocycles. The van der Waals surface area contributed by atoms with Gasteiger partial charge in [-0.3, -0.25) is 9.59 Å². The Balaban J connectivity index is 1.32. The highest BCUT2D eigenvalue weighted by molar-refractivity contribution is 7.89. The van der Waals surface area contributed by atoms with Gasteiger partial charge in [0.15, 0.2) is 0 Å². The van der Waals surface area contributed by atoms with Crippen molar-refractivity contribution in [1.82, 2.24) is 14.9 Å². The molecule has 0 aliphatic heterocycles. The van der Waals surface area contributed by atoms with Crippen LogP contribution in [-0.2, 0) is 36.9 Å². The van der Waals surface area contributed by atoms with Gasteiger partial charge in [0.05, 0.1) is 16.5 Å². The van der Waals surface area contributed by atoms with E-state index < -0.39 is 51.8 Å². The third-order valence-corrected chi connectivity index (χ3v) is 9.32. The van der Waals surface area contributed by atoms with Gasteiger partial charge in [-0.25, -0.2) is 18.0 Å². The van der Waals surface area contributed by atoms with E-state index in [-0.39, 0.29) is 17.4 Å². The number of halogens is 4. The maximum atomic E-state index is 13.3. The first-order chi connectivity index (χ1) is 21.0. The summed E-state index contributed by atoms with van der Waals surface area (Å²) in [4.78, 5) is 28.3. The highest BCUT2D eigenvalue weighted by Crippen LogP contribution is 2.30. The second-order valence-corrected chi connectivity index (χ2v) is 12.6. The minimum Gasteiger partial charge on any atom is -0.462 e. The monoisotopic (exact) mass is 651 g/mol. The van der Waals surface area contributed by atoms with Crippen LogP contribution in [0.3, 0.4) is 0 Å². The zero-order valence-corrected chi connectivity index (χ0v) is 25.2. The van der Waals surface area contributed by atoms with Gasteiger partial charge >= 0.3 is 12.1 Å². The Hall–Kier alpha value is -3.45. The first-order valence-electron chi connectivity index (χ1n) is 14.1. The summed E-state index contributed by atoms with van der Waals surface area (Å²) in [6.45, 7) is -0.124. The van der Waals surface area contributed by atoms with E-state index in [1.807, 2.05) is 60.7 Å². The molecule has 0 radical (unpaired) electrons. The molecule has 4 rings (SSSR count). The number of carbonyl (C=O) groups excluding carboxylic acids is 2. The lowest BCUT2D eigenvalue weighted by atomic mass is 9.85. The number of rotatable bonds is 12. The molecule has 1 aliphatic rings. The molecule has 1 saturated carbocycles. The highest BCUT2D eigenvalue weighted by Gasteiger charge is 2.33. The van der Waals surface area contributed by atoms with Crippen molar-refractivity contribution in [1.29, 1.82) is 0 Å². The highest BCUT2D eigenvalue weighted by atomic mass is 35.5.